The van der Waals surface area contributed by atoms with Gasteiger partial charge in [0, 0.05) is 0 Å². The molecule has 2 N–H and O–H groups in total. The first-order chi connectivity index (χ1) is 6.56. The lowest BCUT2D eigenvalue weighted by atomic mass is 10.1. The van der Waals surface area contributed by atoms with Crippen LogP contribution in [0.15, 0.2) is 18.2 Å². The Balaban J connectivity index is 3.27. The zero-order valence-electron chi connectivity index (χ0n) is 7.35. The van der Waals surface area contributed by atoms with Crippen LogP contribution >= 0.6 is 0 Å². The highest BCUT2D eigenvalue weighted by atomic mass is 16.5. The van der Waals surface area contributed by atoms with Crippen LogP contribution in [0.3, 0.4) is 0 Å². The largest absolute Gasteiger partial charge is 0.496 e. The predicted octanol–water partition coefficient (Wildman–Crippen LogP) is 1.09. The van der Waals surface area contributed by atoms with Gasteiger partial charge in [-0.15, -0.1) is 0 Å². The van der Waals surface area contributed by atoms with E-state index in [0.717, 1.165) is 6.07 Å². The van der Waals surface area contributed by atoms with Gasteiger partial charge < -0.3 is 14.9 Å². The standard InChI is InChI=1S/C9H8O5/c1-14-7-3-2-5(8(10)11)4-6(7)9(12)13/h2-4H,1H3,(H,10,11)(H,12,13). The van der Waals surface area contributed by atoms with Gasteiger partial charge in [-0.3, -0.25) is 0 Å². The molecule has 1 aromatic rings. The van der Waals surface area contributed by atoms with Crippen molar-refractivity contribution in [3.63, 3.8) is 0 Å². The first-order valence-corrected chi connectivity index (χ1v) is 3.71. The highest BCUT2D eigenvalue weighted by Gasteiger charge is 2.13. The molecule has 0 aromatic heterocycles. The molecular weight excluding hydrogens is 188 g/mol. The second-order valence-electron chi connectivity index (χ2n) is 2.53. The lowest BCUT2D eigenvalue weighted by Crippen LogP contribution is -2.04. The van der Waals surface area contributed by atoms with E-state index in [9.17, 15) is 9.59 Å². The summed E-state index contributed by atoms with van der Waals surface area (Å²) in [5.41, 5.74) is -0.240. The Hall–Kier alpha value is -2.04. The lowest BCUT2D eigenvalue weighted by Gasteiger charge is -2.04. The van der Waals surface area contributed by atoms with Gasteiger partial charge in [0.1, 0.15) is 11.3 Å². The number of rotatable bonds is 3. The number of benzene rings is 1. The molecule has 0 unspecified atom stereocenters. The molecule has 0 radical (unpaired) electrons. The van der Waals surface area contributed by atoms with Crippen LogP contribution in [0.4, 0.5) is 0 Å². The van der Waals surface area contributed by atoms with Gasteiger partial charge in [-0.05, 0) is 18.2 Å². The van der Waals surface area contributed by atoms with Gasteiger partial charge in [-0.25, -0.2) is 9.59 Å². The number of hydrogen-bond donors (Lipinski definition) is 2. The van der Waals surface area contributed by atoms with Crippen LogP contribution in [0.5, 0.6) is 5.75 Å². The maximum atomic E-state index is 10.7. The molecule has 0 saturated heterocycles. The molecule has 0 amide bonds. The Labute approximate surface area is 79.6 Å². The summed E-state index contributed by atoms with van der Waals surface area (Å²) in [6.45, 7) is 0. The zero-order valence-corrected chi connectivity index (χ0v) is 7.35. The normalized spacial score (nSPS) is 9.50. The van der Waals surface area contributed by atoms with Crippen LogP contribution in [0.1, 0.15) is 20.7 Å². The molecule has 14 heavy (non-hydrogen) atoms. The summed E-state index contributed by atoms with van der Waals surface area (Å²) in [5.74, 6) is -2.25. The highest BCUT2D eigenvalue weighted by Crippen LogP contribution is 2.19. The van der Waals surface area contributed by atoms with Crippen molar-refractivity contribution in [3.8, 4) is 5.75 Å². The molecule has 1 rings (SSSR count). The van der Waals surface area contributed by atoms with Crippen LogP contribution in [-0.4, -0.2) is 29.3 Å². The van der Waals surface area contributed by atoms with Crippen LogP contribution in [0.2, 0.25) is 0 Å². The summed E-state index contributed by atoms with van der Waals surface area (Å²) >= 11 is 0. The first-order valence-electron chi connectivity index (χ1n) is 3.71. The van der Waals surface area contributed by atoms with Crippen molar-refractivity contribution in [2.75, 3.05) is 7.11 Å². The summed E-state index contributed by atoms with van der Waals surface area (Å²) in [6.07, 6.45) is 0. The molecular formula is C9H8O5. The van der Waals surface area contributed by atoms with Crippen molar-refractivity contribution < 1.29 is 24.5 Å². The van der Waals surface area contributed by atoms with E-state index in [-0.39, 0.29) is 16.9 Å². The first kappa shape index (κ1) is 10.0. The number of carboxylic acids is 2. The fraction of sp³-hybridized carbons (Fsp3) is 0.111. The number of methoxy groups -OCH3 is 1. The third-order valence-electron chi connectivity index (χ3n) is 1.68. The second kappa shape index (κ2) is 3.78. The van der Waals surface area contributed by atoms with Gasteiger partial charge in [0.2, 0.25) is 0 Å². The van der Waals surface area contributed by atoms with Crippen molar-refractivity contribution in [3.05, 3.63) is 29.3 Å². The Kier molecular flexibility index (Phi) is 2.71. The highest BCUT2D eigenvalue weighted by molar-refractivity contribution is 5.95. The van der Waals surface area contributed by atoms with E-state index in [1.165, 1.54) is 19.2 Å². The smallest absolute Gasteiger partial charge is 0.339 e. The molecule has 0 bridgehead atoms. The van der Waals surface area contributed by atoms with Crippen molar-refractivity contribution in [1.29, 1.82) is 0 Å². The van der Waals surface area contributed by atoms with E-state index in [0.29, 0.717) is 0 Å². The number of aromatic carboxylic acids is 2. The van der Waals surface area contributed by atoms with Crippen molar-refractivity contribution >= 4 is 11.9 Å². The Morgan fingerprint density at radius 2 is 1.86 bits per heavy atom. The molecule has 0 spiro atoms. The summed E-state index contributed by atoms with van der Waals surface area (Å²) in [4.78, 5) is 21.2. The van der Waals surface area contributed by atoms with Crippen LogP contribution < -0.4 is 4.74 Å². The molecule has 1 aromatic carbocycles. The average Bonchev–Trinajstić information content (AvgIpc) is 2.16. The fourth-order valence-corrected chi connectivity index (χ4v) is 1.01. The van der Waals surface area contributed by atoms with Crippen molar-refractivity contribution in [2.45, 2.75) is 0 Å². The second-order valence-corrected chi connectivity index (χ2v) is 2.53. The molecule has 0 heterocycles. The van der Waals surface area contributed by atoms with Gasteiger partial charge >= 0.3 is 11.9 Å². The summed E-state index contributed by atoms with van der Waals surface area (Å²) in [6, 6.07) is 3.66. The molecule has 5 heteroatoms. The molecule has 0 aliphatic rings. The molecule has 0 fully saturated rings. The molecule has 0 atom stereocenters. The third kappa shape index (κ3) is 1.82. The third-order valence-corrected chi connectivity index (χ3v) is 1.68. The Morgan fingerprint density at radius 3 is 2.29 bits per heavy atom. The van der Waals surface area contributed by atoms with Gasteiger partial charge in [-0.1, -0.05) is 0 Å². The van der Waals surface area contributed by atoms with E-state index >= 15 is 0 Å². The average molecular weight is 196 g/mol. The molecule has 0 saturated carbocycles. The number of carbonyl (C=O) groups is 2. The van der Waals surface area contributed by atoms with E-state index in [2.05, 4.69) is 0 Å². The minimum atomic E-state index is -1.22. The van der Waals surface area contributed by atoms with Gasteiger partial charge in [0.25, 0.3) is 0 Å². The molecule has 74 valence electrons. The predicted molar refractivity (Wildman–Crippen MR) is 46.9 cm³/mol. The SMILES string of the molecule is COc1ccc(C(=O)O)cc1C(=O)O. The van der Waals surface area contributed by atoms with Gasteiger partial charge in [-0.2, -0.15) is 0 Å². The quantitative estimate of drug-likeness (QED) is 0.755. The molecule has 0 aliphatic carbocycles. The summed E-state index contributed by atoms with van der Waals surface area (Å²) in [5, 5.41) is 17.4. The summed E-state index contributed by atoms with van der Waals surface area (Å²) < 4.78 is 4.77. The number of hydrogen-bond acceptors (Lipinski definition) is 3. The molecule has 0 aliphatic heterocycles. The van der Waals surface area contributed by atoms with E-state index < -0.39 is 11.9 Å². The zero-order chi connectivity index (χ0) is 10.7. The Morgan fingerprint density at radius 1 is 1.21 bits per heavy atom. The van der Waals surface area contributed by atoms with Crippen molar-refractivity contribution in [1.82, 2.24) is 0 Å². The topological polar surface area (TPSA) is 83.8 Å². The lowest BCUT2D eigenvalue weighted by molar-refractivity contribution is 0.0693. The van der Waals surface area contributed by atoms with Crippen LogP contribution in [-0.2, 0) is 0 Å². The maximum Gasteiger partial charge on any atom is 0.339 e. The van der Waals surface area contributed by atoms with Crippen molar-refractivity contribution in [2.24, 2.45) is 0 Å². The van der Waals surface area contributed by atoms with Gasteiger partial charge in [0.05, 0.1) is 12.7 Å². The number of carboxylic acid groups (broad SMARTS) is 2. The number of ether oxygens (including phenoxy) is 1. The monoisotopic (exact) mass is 196 g/mol. The Bertz CT molecular complexity index is 383. The molecule has 5 nitrogen and oxygen atoms in total. The minimum Gasteiger partial charge on any atom is -0.496 e. The summed E-state index contributed by atoms with van der Waals surface area (Å²) in [7, 11) is 1.32. The van der Waals surface area contributed by atoms with Crippen LogP contribution in [0, 0.1) is 0 Å². The maximum absolute atomic E-state index is 10.7. The van der Waals surface area contributed by atoms with Crippen LogP contribution in [0.25, 0.3) is 0 Å². The van der Waals surface area contributed by atoms with E-state index in [1.807, 2.05) is 0 Å². The minimum absolute atomic E-state index is 0.0804. The fourth-order valence-electron chi connectivity index (χ4n) is 1.01. The van der Waals surface area contributed by atoms with Gasteiger partial charge in [0.15, 0.2) is 0 Å². The van der Waals surface area contributed by atoms with E-state index in [1.54, 1.807) is 0 Å². The van der Waals surface area contributed by atoms with E-state index in [4.69, 9.17) is 14.9 Å².